The fourth-order valence-electron chi connectivity index (χ4n) is 8.06. The van der Waals surface area contributed by atoms with Crippen molar-refractivity contribution < 1.29 is 29.2 Å². The van der Waals surface area contributed by atoms with Crippen LogP contribution in [0.25, 0.3) is 38.9 Å². The molecule has 350 valence electrons. The van der Waals surface area contributed by atoms with Crippen molar-refractivity contribution in [1.29, 1.82) is 0 Å². The number of imidazole rings is 1. The van der Waals surface area contributed by atoms with E-state index in [2.05, 4.69) is 73.2 Å². The lowest BCUT2D eigenvalue weighted by atomic mass is 10.1. The number of aromatic nitrogens is 6. The molecule has 0 saturated carbocycles. The van der Waals surface area contributed by atoms with Gasteiger partial charge in [-0.3, -0.25) is 14.2 Å². The van der Waals surface area contributed by atoms with E-state index in [1.54, 1.807) is 53.4 Å². The summed E-state index contributed by atoms with van der Waals surface area (Å²) in [7, 11) is -1.62. The first-order valence-electron chi connectivity index (χ1n) is 23.0. The van der Waals surface area contributed by atoms with Crippen LogP contribution in [0.5, 0.6) is 0 Å². The van der Waals surface area contributed by atoms with E-state index >= 15 is 0 Å². The van der Waals surface area contributed by atoms with Crippen LogP contribution in [0.3, 0.4) is 0 Å². The van der Waals surface area contributed by atoms with E-state index in [0.29, 0.717) is 40.5 Å². The van der Waals surface area contributed by atoms with E-state index in [1.165, 1.54) is 6.92 Å². The highest BCUT2D eigenvalue weighted by Crippen LogP contribution is 2.50. The van der Waals surface area contributed by atoms with Gasteiger partial charge in [0, 0.05) is 68.3 Å². The Labute approximate surface area is 392 Å². The van der Waals surface area contributed by atoms with Gasteiger partial charge < -0.3 is 49.6 Å². The number of amides is 2. The first-order valence-corrected chi connectivity index (χ1v) is 23.4. The van der Waals surface area contributed by atoms with Crippen molar-refractivity contribution in [2.24, 2.45) is 5.73 Å². The quantitative estimate of drug-likeness (QED) is 0.0384. The average Bonchev–Trinajstić information content (AvgIpc) is 4.09. The third kappa shape index (κ3) is 11.1. The number of hydrogen-bond donors (Lipinski definition) is 4. The van der Waals surface area contributed by atoms with Crippen LogP contribution in [-0.2, 0) is 18.6 Å². The van der Waals surface area contributed by atoms with E-state index in [4.69, 9.17) is 41.8 Å². The van der Waals surface area contributed by atoms with Gasteiger partial charge in [-0.15, -0.1) is 10.2 Å². The number of nitrogens with one attached hydrogen (secondary N) is 3. The summed E-state index contributed by atoms with van der Waals surface area (Å²) in [6.45, 7) is 19.0. The normalized spacial score (nSPS) is 18.4. The summed E-state index contributed by atoms with van der Waals surface area (Å²) in [5.41, 5.74) is 10.3. The molecule has 2 aliphatic rings. The van der Waals surface area contributed by atoms with Crippen LogP contribution in [0.1, 0.15) is 78.7 Å². The third-order valence-corrected chi connectivity index (χ3v) is 13.5. The van der Waals surface area contributed by atoms with Gasteiger partial charge in [-0.1, -0.05) is 18.2 Å². The minimum Gasteiger partial charge on any atom is -0.416 e. The Morgan fingerprint density at radius 1 is 0.985 bits per heavy atom. The number of nitrogens with two attached hydrogens (primary N) is 1. The van der Waals surface area contributed by atoms with Crippen molar-refractivity contribution in [2.45, 2.75) is 97.3 Å². The molecule has 2 saturated heterocycles. The number of carbonyl (C=O) groups is 2. The second-order valence-electron chi connectivity index (χ2n) is 16.9. The number of hydrogen-bond acceptors (Lipinski definition) is 15. The van der Waals surface area contributed by atoms with Crippen LogP contribution in [0.2, 0.25) is 0 Å². The smallest absolute Gasteiger partial charge is 0.259 e. The Bertz CT molecular complexity index is 2720. The maximum atomic E-state index is 13.6. The molecule has 67 heavy (non-hydrogen) atoms. The molecule has 0 spiro atoms. The molecule has 0 aliphatic carbocycles. The van der Waals surface area contributed by atoms with E-state index in [-0.39, 0.29) is 67.3 Å². The molecule has 8 rings (SSSR count). The summed E-state index contributed by atoms with van der Waals surface area (Å²) in [6.07, 6.45) is 1.93. The molecule has 3 aromatic heterocycles. The number of benzene rings is 3. The maximum absolute atomic E-state index is 13.6. The number of carbonyl (C=O) groups excluding carboxylic acids is 2. The van der Waals surface area contributed by atoms with E-state index in [9.17, 15) is 9.59 Å². The molecule has 0 radical (unpaired) electrons. The molecule has 5 N–H and O–H groups in total. The Balaban J connectivity index is 1.11. The van der Waals surface area contributed by atoms with E-state index < -0.39 is 32.9 Å². The molecule has 20 heteroatoms. The summed E-state index contributed by atoms with van der Waals surface area (Å²) in [4.78, 5) is 46.2. The van der Waals surface area contributed by atoms with Crippen molar-refractivity contribution in [3.8, 4) is 22.9 Å². The Kier molecular flexibility index (Phi) is 14.4. The SMILES string of the molecule is [2H]C[C@H]1O[C@@H](n2cnc3c(NC(=O)c4ccccc4)nc(Nc4cc(-c5nnc(-c6ccc(N7CCC(N)CC7)cc6)o5)ccc4NC(C)=O)nc32)C[C@H]1OP(OCC[N+]#[C-])N(C(C)C)C(C)C. The molecule has 3 aromatic carbocycles. The van der Waals surface area contributed by atoms with Gasteiger partial charge in [0.25, 0.3) is 14.4 Å². The predicted molar refractivity (Wildman–Crippen MR) is 257 cm³/mol. The standard InChI is InChI=1S/C47H56N13O6P/c1-28(2)60(29(3)4)67(63-24-21-49-7)66-39-26-40(64-30(39)5)59-27-50-41-42(53-44(62)32-11-9-8-10-12-32)54-47(55-43(41)59)52-38-25-34(15-18-37(38)51-31(6)61)46-57-56-45(65-46)33-13-16-36(17-14-33)58-22-19-35(48)20-23-58/h8-18,25,27-30,35,39-40H,19-24,26,48H2,1-6H3,(H,51,61)(H2,52,53,54,55,62)/t30-,39-,40-,67?/m1/s1/i5D. The van der Waals surface area contributed by atoms with E-state index in [0.717, 1.165) is 37.2 Å². The molecule has 4 atom stereocenters. The lowest BCUT2D eigenvalue weighted by molar-refractivity contribution is -0.114. The minimum absolute atomic E-state index is 0.0532. The largest absolute Gasteiger partial charge is 0.416 e. The van der Waals surface area contributed by atoms with Crippen molar-refractivity contribution in [3.05, 3.63) is 96.1 Å². The number of nitrogens with zero attached hydrogens (tertiary/aromatic N) is 9. The molecule has 19 nitrogen and oxygen atoms in total. The van der Waals surface area contributed by atoms with Crippen LogP contribution in [0, 0.1) is 6.57 Å². The molecule has 2 amide bonds. The van der Waals surface area contributed by atoms with Crippen LogP contribution >= 0.6 is 8.53 Å². The predicted octanol–water partition coefficient (Wildman–Crippen LogP) is 8.40. The molecule has 0 bridgehead atoms. The molecule has 5 heterocycles. The van der Waals surface area contributed by atoms with E-state index in [1.807, 2.05) is 30.3 Å². The maximum Gasteiger partial charge on any atom is 0.259 e. The van der Waals surface area contributed by atoms with Crippen LogP contribution < -0.4 is 26.6 Å². The van der Waals surface area contributed by atoms with Gasteiger partial charge in [0.1, 0.15) is 12.8 Å². The summed E-state index contributed by atoms with van der Waals surface area (Å²) in [6, 6.07) is 22.3. The summed E-state index contributed by atoms with van der Waals surface area (Å²) in [5, 5.41) is 17.8. The zero-order chi connectivity index (χ0) is 47.9. The highest BCUT2D eigenvalue weighted by atomic mass is 31.2. The molecule has 2 aliphatic heterocycles. The number of ether oxygens (including phenoxy) is 1. The Morgan fingerprint density at radius 3 is 2.39 bits per heavy atom. The molecular formula is C47H56N13O6P. The van der Waals surface area contributed by atoms with Gasteiger partial charge in [0.2, 0.25) is 30.2 Å². The average molecular weight is 931 g/mol. The Hall–Kier alpha value is -6.39. The number of anilines is 5. The number of rotatable bonds is 17. The molecule has 6 aromatic rings. The van der Waals surface area contributed by atoms with Crippen LogP contribution in [-0.4, -0.2) is 103 Å². The van der Waals surface area contributed by atoms with Gasteiger partial charge in [0.15, 0.2) is 17.0 Å². The lowest BCUT2D eigenvalue weighted by Gasteiger charge is -2.36. The highest BCUT2D eigenvalue weighted by Gasteiger charge is 2.40. The zero-order valence-corrected chi connectivity index (χ0v) is 39.0. The Morgan fingerprint density at radius 2 is 1.70 bits per heavy atom. The fourth-order valence-corrected chi connectivity index (χ4v) is 9.81. The molecule has 1 unspecified atom stereocenters. The molecular weight excluding hydrogens is 874 g/mol. The van der Waals surface area contributed by atoms with Gasteiger partial charge in [-0.05, 0) is 102 Å². The fraction of sp³-hybridized carbons (Fsp3) is 0.404. The van der Waals surface area contributed by atoms with Crippen LogP contribution in [0.15, 0.2) is 83.5 Å². The van der Waals surface area contributed by atoms with Gasteiger partial charge in [0.05, 0.1) is 29.9 Å². The second-order valence-corrected chi connectivity index (χ2v) is 18.3. The monoisotopic (exact) mass is 930 g/mol. The van der Waals surface area contributed by atoms with Gasteiger partial charge >= 0.3 is 0 Å². The summed E-state index contributed by atoms with van der Waals surface area (Å²) >= 11 is 0. The first-order chi connectivity index (χ1) is 32.9. The highest BCUT2D eigenvalue weighted by molar-refractivity contribution is 7.44. The number of piperidine rings is 1. The summed E-state index contributed by atoms with van der Waals surface area (Å²) in [5.74, 6) is 0.00805. The van der Waals surface area contributed by atoms with Crippen molar-refractivity contribution >= 4 is 60.3 Å². The number of fused-ring (bicyclic) bond motifs is 1. The van der Waals surface area contributed by atoms with Crippen LogP contribution in [0.4, 0.5) is 28.8 Å². The second kappa shape index (κ2) is 21.1. The van der Waals surface area contributed by atoms with Crippen molar-refractivity contribution in [1.82, 2.24) is 34.4 Å². The lowest BCUT2D eigenvalue weighted by Crippen LogP contribution is -2.39. The minimum atomic E-state index is -1.62. The first kappa shape index (κ1) is 45.8. The zero-order valence-electron chi connectivity index (χ0n) is 39.1. The van der Waals surface area contributed by atoms with Gasteiger partial charge in [-0.2, -0.15) is 9.97 Å². The topological polar surface area (TPSA) is 217 Å². The summed E-state index contributed by atoms with van der Waals surface area (Å²) < 4.78 is 37.9. The van der Waals surface area contributed by atoms with Crippen molar-refractivity contribution in [2.75, 3.05) is 47.1 Å². The third-order valence-electron chi connectivity index (χ3n) is 11.3. The molecule has 2 fully saturated rings. The van der Waals surface area contributed by atoms with Gasteiger partial charge in [-0.25, -0.2) is 16.2 Å². The van der Waals surface area contributed by atoms with Crippen molar-refractivity contribution in [3.63, 3.8) is 0 Å².